The Morgan fingerprint density at radius 2 is 1.79 bits per heavy atom. The van der Waals surface area contributed by atoms with Gasteiger partial charge in [0, 0.05) is 24.3 Å². The molecule has 2 N–H and O–H groups in total. The van der Waals surface area contributed by atoms with Crippen LogP contribution in [0.2, 0.25) is 0 Å². The number of benzene rings is 2. The fraction of sp³-hybridized carbons (Fsp3) is 0.300. The van der Waals surface area contributed by atoms with E-state index in [4.69, 9.17) is 0 Å². The summed E-state index contributed by atoms with van der Waals surface area (Å²) in [6, 6.07) is 10.7. The first kappa shape index (κ1) is 22.5. The van der Waals surface area contributed by atoms with Gasteiger partial charge in [0.2, 0.25) is 15.9 Å². The molecule has 0 saturated heterocycles. The van der Waals surface area contributed by atoms with Crippen molar-refractivity contribution in [1.82, 2.24) is 9.62 Å². The molecular formula is C20H24FN3O4S. The van der Waals surface area contributed by atoms with Gasteiger partial charge in [0.25, 0.3) is 5.91 Å². The van der Waals surface area contributed by atoms with Crippen molar-refractivity contribution in [3.8, 4) is 0 Å². The summed E-state index contributed by atoms with van der Waals surface area (Å²) < 4.78 is 40.3. The molecule has 0 aromatic heterocycles. The van der Waals surface area contributed by atoms with Gasteiger partial charge >= 0.3 is 0 Å². The Morgan fingerprint density at radius 1 is 1.14 bits per heavy atom. The van der Waals surface area contributed by atoms with Crippen molar-refractivity contribution in [2.75, 3.05) is 18.9 Å². The van der Waals surface area contributed by atoms with E-state index in [-0.39, 0.29) is 23.0 Å². The largest absolute Gasteiger partial charge is 0.332 e. The third-order valence-corrected chi connectivity index (χ3v) is 5.82. The van der Waals surface area contributed by atoms with Gasteiger partial charge in [-0.25, -0.2) is 17.5 Å². The number of hydrogen-bond acceptors (Lipinski definition) is 4. The molecule has 1 atom stereocenters. The molecule has 0 radical (unpaired) electrons. The van der Waals surface area contributed by atoms with E-state index in [2.05, 4.69) is 10.0 Å². The van der Waals surface area contributed by atoms with Crippen LogP contribution in [0.5, 0.6) is 0 Å². The maximum Gasteiger partial charge on any atom is 0.254 e. The van der Waals surface area contributed by atoms with Gasteiger partial charge < -0.3 is 10.2 Å². The minimum absolute atomic E-state index is 0.0563. The minimum atomic E-state index is -3.66. The number of likely N-dealkylation sites (N-methyl/N-ethyl adjacent to an activating group) is 1. The lowest BCUT2D eigenvalue weighted by Crippen LogP contribution is -2.35. The zero-order valence-electron chi connectivity index (χ0n) is 16.5. The molecule has 0 spiro atoms. The highest BCUT2D eigenvalue weighted by Gasteiger charge is 2.19. The van der Waals surface area contributed by atoms with E-state index < -0.39 is 27.7 Å². The van der Waals surface area contributed by atoms with E-state index in [1.54, 1.807) is 6.92 Å². The summed E-state index contributed by atoms with van der Waals surface area (Å²) in [6.07, 6.45) is 0.651. The van der Waals surface area contributed by atoms with Gasteiger partial charge in [-0.05, 0) is 55.8 Å². The molecule has 0 bridgehead atoms. The van der Waals surface area contributed by atoms with E-state index in [1.165, 1.54) is 60.5 Å². The van der Waals surface area contributed by atoms with Crippen molar-refractivity contribution in [2.45, 2.75) is 31.2 Å². The predicted octanol–water partition coefficient (Wildman–Crippen LogP) is 2.61. The molecule has 156 valence electrons. The molecule has 2 rings (SSSR count). The Kier molecular flexibility index (Phi) is 7.46. The highest BCUT2D eigenvalue weighted by atomic mass is 32.2. The molecular weight excluding hydrogens is 397 g/mol. The normalized spacial score (nSPS) is 12.3. The molecule has 2 amide bonds. The first-order valence-corrected chi connectivity index (χ1v) is 10.5. The molecule has 0 saturated carbocycles. The van der Waals surface area contributed by atoms with Crippen LogP contribution >= 0.6 is 0 Å². The van der Waals surface area contributed by atoms with Crippen LogP contribution in [-0.4, -0.2) is 44.8 Å². The average Bonchev–Trinajstić information content (AvgIpc) is 2.67. The summed E-state index contributed by atoms with van der Waals surface area (Å²) in [4.78, 5) is 25.8. The summed E-state index contributed by atoms with van der Waals surface area (Å²) in [5.41, 5.74) is 0.535. The average molecular weight is 421 g/mol. The van der Waals surface area contributed by atoms with E-state index in [0.29, 0.717) is 12.1 Å². The van der Waals surface area contributed by atoms with Crippen LogP contribution in [0.4, 0.5) is 10.1 Å². The fourth-order valence-corrected chi connectivity index (χ4v) is 3.79. The summed E-state index contributed by atoms with van der Waals surface area (Å²) >= 11 is 0. The molecule has 7 nitrogen and oxygen atoms in total. The molecule has 2 aromatic rings. The Labute approximate surface area is 170 Å². The SMILES string of the molecule is CC[C@@H](C)NS(=O)(=O)c1ccc(C(=O)N(C)CC(=O)Nc2cccc(F)c2)cc1. The molecule has 0 fully saturated rings. The third-order valence-electron chi connectivity index (χ3n) is 4.22. The molecule has 0 heterocycles. The molecule has 0 aliphatic rings. The number of nitrogens with one attached hydrogen (secondary N) is 2. The highest BCUT2D eigenvalue weighted by Crippen LogP contribution is 2.13. The summed E-state index contributed by atoms with van der Waals surface area (Å²) in [6.45, 7) is 3.39. The topological polar surface area (TPSA) is 95.6 Å². The van der Waals surface area contributed by atoms with Crippen LogP contribution in [0.1, 0.15) is 30.6 Å². The van der Waals surface area contributed by atoms with Gasteiger partial charge in [-0.2, -0.15) is 0 Å². The number of amides is 2. The highest BCUT2D eigenvalue weighted by molar-refractivity contribution is 7.89. The van der Waals surface area contributed by atoms with E-state index in [9.17, 15) is 22.4 Å². The molecule has 0 aliphatic heterocycles. The van der Waals surface area contributed by atoms with Crippen LogP contribution < -0.4 is 10.0 Å². The van der Waals surface area contributed by atoms with Gasteiger partial charge in [0.15, 0.2) is 0 Å². The zero-order chi connectivity index (χ0) is 21.6. The molecule has 0 aliphatic carbocycles. The van der Waals surface area contributed by atoms with Gasteiger partial charge in [0.1, 0.15) is 5.82 Å². The lowest BCUT2D eigenvalue weighted by Gasteiger charge is -2.17. The standard InChI is InChI=1S/C20H24FN3O4S/c1-4-14(2)23-29(27,28)18-10-8-15(9-11-18)20(26)24(3)13-19(25)22-17-7-5-6-16(21)12-17/h5-12,14,23H,4,13H2,1-3H3,(H,22,25)/t14-/m1/s1. The van der Waals surface area contributed by atoms with Gasteiger partial charge in [-0.1, -0.05) is 13.0 Å². The van der Waals surface area contributed by atoms with Crippen molar-refractivity contribution in [1.29, 1.82) is 0 Å². The van der Waals surface area contributed by atoms with Crippen LogP contribution in [0, 0.1) is 5.82 Å². The number of rotatable bonds is 8. The number of carbonyl (C=O) groups excluding carboxylic acids is 2. The van der Waals surface area contributed by atoms with Gasteiger partial charge in [0.05, 0.1) is 11.4 Å². The Balaban J connectivity index is 2.01. The van der Waals surface area contributed by atoms with Crippen molar-refractivity contribution in [2.24, 2.45) is 0 Å². The Hall–Kier alpha value is -2.78. The molecule has 29 heavy (non-hydrogen) atoms. The number of anilines is 1. The monoisotopic (exact) mass is 421 g/mol. The van der Waals surface area contributed by atoms with Crippen molar-refractivity contribution < 1.29 is 22.4 Å². The summed E-state index contributed by atoms with van der Waals surface area (Å²) in [5, 5.41) is 2.51. The van der Waals surface area contributed by atoms with Crippen LogP contribution in [0.15, 0.2) is 53.4 Å². The van der Waals surface area contributed by atoms with E-state index in [1.807, 2.05) is 6.92 Å². The first-order valence-electron chi connectivity index (χ1n) is 9.05. The van der Waals surface area contributed by atoms with Gasteiger partial charge in [-0.3, -0.25) is 9.59 Å². The maximum absolute atomic E-state index is 13.2. The number of nitrogens with zero attached hydrogens (tertiary/aromatic N) is 1. The summed E-state index contributed by atoms with van der Waals surface area (Å²) in [7, 11) is -2.21. The lowest BCUT2D eigenvalue weighted by atomic mass is 10.2. The third kappa shape index (κ3) is 6.37. The fourth-order valence-electron chi connectivity index (χ4n) is 2.47. The second kappa shape index (κ2) is 9.62. The quantitative estimate of drug-likeness (QED) is 0.685. The number of halogens is 1. The molecule has 0 unspecified atom stereocenters. The lowest BCUT2D eigenvalue weighted by molar-refractivity contribution is -0.116. The van der Waals surface area contributed by atoms with Crippen molar-refractivity contribution >= 4 is 27.5 Å². The molecule has 2 aromatic carbocycles. The molecule has 9 heteroatoms. The van der Waals surface area contributed by atoms with Crippen molar-refractivity contribution in [3.63, 3.8) is 0 Å². The Bertz CT molecular complexity index is 977. The minimum Gasteiger partial charge on any atom is -0.332 e. The zero-order valence-corrected chi connectivity index (χ0v) is 17.3. The van der Waals surface area contributed by atoms with Crippen LogP contribution in [-0.2, 0) is 14.8 Å². The second-order valence-electron chi connectivity index (χ2n) is 6.67. The number of sulfonamides is 1. The maximum atomic E-state index is 13.2. The van der Waals surface area contributed by atoms with Crippen LogP contribution in [0.3, 0.4) is 0 Å². The van der Waals surface area contributed by atoms with Crippen LogP contribution in [0.25, 0.3) is 0 Å². The van der Waals surface area contributed by atoms with Crippen molar-refractivity contribution in [3.05, 3.63) is 59.9 Å². The number of hydrogen-bond donors (Lipinski definition) is 2. The number of carbonyl (C=O) groups is 2. The van der Waals surface area contributed by atoms with Gasteiger partial charge in [-0.15, -0.1) is 0 Å². The summed E-state index contributed by atoms with van der Waals surface area (Å²) in [5.74, 6) is -1.41. The predicted molar refractivity (Wildman–Crippen MR) is 109 cm³/mol. The Morgan fingerprint density at radius 3 is 2.38 bits per heavy atom. The van der Waals surface area contributed by atoms with E-state index in [0.717, 1.165) is 0 Å². The second-order valence-corrected chi connectivity index (χ2v) is 8.39. The van der Waals surface area contributed by atoms with E-state index >= 15 is 0 Å². The smallest absolute Gasteiger partial charge is 0.254 e. The first-order chi connectivity index (χ1) is 13.6.